The number of hydrogen-bond donors (Lipinski definition) is 2. The van der Waals surface area contributed by atoms with E-state index < -0.39 is 0 Å². The molecule has 1 amide bonds. The molecule has 0 saturated carbocycles. The zero-order valence-corrected chi connectivity index (χ0v) is 9.24. The maximum Gasteiger partial charge on any atom is 0.207 e. The van der Waals surface area contributed by atoms with Crippen LogP contribution in [0.4, 0.5) is 0 Å². The van der Waals surface area contributed by atoms with Crippen molar-refractivity contribution in [2.75, 3.05) is 6.54 Å². The molecule has 0 fully saturated rings. The summed E-state index contributed by atoms with van der Waals surface area (Å²) in [5.41, 5.74) is 0.117. The Kier molecular flexibility index (Phi) is 4.11. The lowest BCUT2D eigenvalue weighted by atomic mass is 9.83. The minimum atomic E-state index is 0.0219. The molecular formula is C9H19NOS. The highest BCUT2D eigenvalue weighted by atomic mass is 32.1. The molecule has 2 nitrogen and oxygen atoms in total. The standard InChI is InChI=1S/C9H19NOS/c1-8(2,6-10-7-11)5-9(3,4)12/h7,12H,5-6H2,1-4H3,(H,10,11). The summed E-state index contributed by atoms with van der Waals surface area (Å²) in [6.07, 6.45) is 1.72. The summed E-state index contributed by atoms with van der Waals surface area (Å²) in [6, 6.07) is 0. The number of carbonyl (C=O) groups is 1. The van der Waals surface area contributed by atoms with Gasteiger partial charge in [0.15, 0.2) is 0 Å². The van der Waals surface area contributed by atoms with Crippen molar-refractivity contribution in [3.63, 3.8) is 0 Å². The fourth-order valence-electron chi connectivity index (χ4n) is 1.55. The van der Waals surface area contributed by atoms with Crippen LogP contribution < -0.4 is 5.32 Å². The lowest BCUT2D eigenvalue weighted by molar-refractivity contribution is -0.109. The van der Waals surface area contributed by atoms with Crippen molar-refractivity contribution in [2.24, 2.45) is 5.41 Å². The molecule has 0 aliphatic rings. The highest BCUT2D eigenvalue weighted by Gasteiger charge is 2.25. The third-order valence-electron chi connectivity index (χ3n) is 1.58. The van der Waals surface area contributed by atoms with Crippen LogP contribution in [0.1, 0.15) is 34.1 Å². The smallest absolute Gasteiger partial charge is 0.207 e. The van der Waals surface area contributed by atoms with Crippen LogP contribution in [-0.2, 0) is 4.79 Å². The Balaban J connectivity index is 3.94. The maximum absolute atomic E-state index is 10.1. The second-order valence-corrected chi connectivity index (χ2v) is 5.86. The van der Waals surface area contributed by atoms with Gasteiger partial charge in [-0.05, 0) is 11.8 Å². The van der Waals surface area contributed by atoms with E-state index in [9.17, 15) is 4.79 Å². The molecule has 0 rings (SSSR count). The van der Waals surface area contributed by atoms with E-state index in [1.807, 2.05) is 0 Å². The van der Waals surface area contributed by atoms with Crippen LogP contribution >= 0.6 is 12.6 Å². The first-order valence-electron chi connectivity index (χ1n) is 4.16. The summed E-state index contributed by atoms with van der Waals surface area (Å²) in [4.78, 5) is 10.1. The van der Waals surface area contributed by atoms with Crippen molar-refractivity contribution >= 4 is 19.0 Å². The number of nitrogens with one attached hydrogen (secondary N) is 1. The maximum atomic E-state index is 10.1. The normalized spacial score (nSPS) is 12.8. The van der Waals surface area contributed by atoms with Gasteiger partial charge in [0.1, 0.15) is 0 Å². The molecule has 72 valence electrons. The fraction of sp³-hybridized carbons (Fsp3) is 0.889. The van der Waals surface area contributed by atoms with Crippen LogP contribution in [0.25, 0.3) is 0 Å². The van der Waals surface area contributed by atoms with Crippen LogP contribution in [0.2, 0.25) is 0 Å². The molecule has 1 N–H and O–H groups in total. The molecule has 0 aromatic rings. The van der Waals surface area contributed by atoms with Crippen LogP contribution in [0.3, 0.4) is 0 Å². The van der Waals surface area contributed by atoms with Gasteiger partial charge in [-0.15, -0.1) is 0 Å². The largest absolute Gasteiger partial charge is 0.358 e. The van der Waals surface area contributed by atoms with E-state index in [-0.39, 0.29) is 10.2 Å². The van der Waals surface area contributed by atoms with Gasteiger partial charge in [0.25, 0.3) is 0 Å². The van der Waals surface area contributed by atoms with Gasteiger partial charge in [0, 0.05) is 11.3 Å². The molecular weight excluding hydrogens is 170 g/mol. The first kappa shape index (κ1) is 11.8. The molecule has 0 aromatic carbocycles. The van der Waals surface area contributed by atoms with Crippen LogP contribution in [0.15, 0.2) is 0 Å². The molecule has 0 aliphatic heterocycles. The van der Waals surface area contributed by atoms with E-state index >= 15 is 0 Å². The van der Waals surface area contributed by atoms with Crippen molar-refractivity contribution < 1.29 is 4.79 Å². The molecule has 0 atom stereocenters. The van der Waals surface area contributed by atoms with Gasteiger partial charge in [-0.1, -0.05) is 27.7 Å². The topological polar surface area (TPSA) is 29.1 Å². The number of hydrogen-bond acceptors (Lipinski definition) is 2. The quantitative estimate of drug-likeness (QED) is 0.501. The molecule has 0 saturated heterocycles. The third-order valence-corrected chi connectivity index (χ3v) is 1.73. The van der Waals surface area contributed by atoms with Gasteiger partial charge in [-0.25, -0.2) is 0 Å². The Morgan fingerprint density at radius 3 is 2.17 bits per heavy atom. The van der Waals surface area contributed by atoms with Gasteiger partial charge in [0.2, 0.25) is 6.41 Å². The summed E-state index contributed by atoms with van der Waals surface area (Å²) >= 11 is 4.45. The SMILES string of the molecule is CC(C)(S)CC(C)(C)CNC=O. The Hall–Kier alpha value is -0.180. The lowest BCUT2D eigenvalue weighted by Gasteiger charge is -2.31. The van der Waals surface area contributed by atoms with Gasteiger partial charge < -0.3 is 5.32 Å². The van der Waals surface area contributed by atoms with Crippen molar-refractivity contribution in [1.82, 2.24) is 5.32 Å². The Bertz CT molecular complexity index is 149. The molecule has 12 heavy (non-hydrogen) atoms. The molecule has 0 aromatic heterocycles. The van der Waals surface area contributed by atoms with Crippen molar-refractivity contribution in [2.45, 2.75) is 38.9 Å². The predicted octanol–water partition coefficient (Wildman–Crippen LogP) is 1.86. The van der Waals surface area contributed by atoms with Crippen LogP contribution in [0, 0.1) is 5.41 Å². The lowest BCUT2D eigenvalue weighted by Crippen LogP contribution is -2.33. The first-order valence-corrected chi connectivity index (χ1v) is 4.61. The van der Waals surface area contributed by atoms with Crippen molar-refractivity contribution in [1.29, 1.82) is 0 Å². The predicted molar refractivity (Wildman–Crippen MR) is 55.5 cm³/mol. The second-order valence-electron chi connectivity index (χ2n) is 4.65. The summed E-state index contributed by atoms with van der Waals surface area (Å²) in [5.74, 6) is 0. The van der Waals surface area contributed by atoms with E-state index in [1.165, 1.54) is 0 Å². The average Bonchev–Trinajstić information content (AvgIpc) is 1.78. The van der Waals surface area contributed by atoms with Gasteiger partial charge >= 0.3 is 0 Å². The third kappa shape index (κ3) is 6.53. The average molecular weight is 189 g/mol. The minimum absolute atomic E-state index is 0.0219. The number of thiol groups is 1. The van der Waals surface area contributed by atoms with Crippen LogP contribution in [0.5, 0.6) is 0 Å². The summed E-state index contributed by atoms with van der Waals surface area (Å²) in [5, 5.41) is 2.70. The highest BCUT2D eigenvalue weighted by molar-refractivity contribution is 7.81. The fourth-order valence-corrected chi connectivity index (χ4v) is 1.98. The number of carbonyl (C=O) groups excluding carboxylic acids is 1. The van der Waals surface area contributed by atoms with E-state index in [4.69, 9.17) is 0 Å². The summed E-state index contributed by atoms with van der Waals surface area (Å²) < 4.78 is 0.0219. The van der Waals surface area contributed by atoms with Crippen molar-refractivity contribution in [3.8, 4) is 0 Å². The van der Waals surface area contributed by atoms with Gasteiger partial charge in [-0.3, -0.25) is 4.79 Å². The van der Waals surface area contributed by atoms with E-state index in [0.29, 0.717) is 6.54 Å². The molecule has 0 radical (unpaired) electrons. The van der Waals surface area contributed by atoms with E-state index in [0.717, 1.165) is 12.8 Å². The molecule has 0 heterocycles. The van der Waals surface area contributed by atoms with Crippen molar-refractivity contribution in [3.05, 3.63) is 0 Å². The second kappa shape index (κ2) is 4.17. The molecule has 0 spiro atoms. The van der Waals surface area contributed by atoms with E-state index in [2.05, 4.69) is 45.6 Å². The van der Waals surface area contributed by atoms with Crippen LogP contribution in [-0.4, -0.2) is 17.7 Å². The Morgan fingerprint density at radius 1 is 1.33 bits per heavy atom. The first-order chi connectivity index (χ1) is 5.27. The highest BCUT2D eigenvalue weighted by Crippen LogP contribution is 2.30. The molecule has 0 aliphatic carbocycles. The molecule has 0 unspecified atom stereocenters. The zero-order valence-electron chi connectivity index (χ0n) is 8.35. The minimum Gasteiger partial charge on any atom is -0.358 e. The van der Waals surface area contributed by atoms with Gasteiger partial charge in [-0.2, -0.15) is 12.6 Å². The molecule has 0 bridgehead atoms. The van der Waals surface area contributed by atoms with E-state index in [1.54, 1.807) is 0 Å². The van der Waals surface area contributed by atoms with Gasteiger partial charge in [0.05, 0.1) is 0 Å². The summed E-state index contributed by atoms with van der Waals surface area (Å²) in [7, 11) is 0. The molecule has 3 heteroatoms. The zero-order chi connectivity index (χ0) is 9.83. The number of amides is 1. The monoisotopic (exact) mass is 189 g/mol. The number of rotatable bonds is 5. The Labute approximate surface area is 80.5 Å². The Morgan fingerprint density at radius 2 is 1.83 bits per heavy atom. The summed E-state index contributed by atoms with van der Waals surface area (Å²) in [6.45, 7) is 9.13.